The Morgan fingerprint density at radius 2 is 2.18 bits per heavy atom. The molecule has 4 heteroatoms. The van der Waals surface area contributed by atoms with Gasteiger partial charge in [0.1, 0.15) is 0 Å². The highest BCUT2D eigenvalue weighted by molar-refractivity contribution is 5.93. The van der Waals surface area contributed by atoms with Crippen molar-refractivity contribution in [2.75, 3.05) is 11.9 Å². The van der Waals surface area contributed by atoms with Crippen LogP contribution in [0.1, 0.15) is 38.7 Å². The third-order valence-electron chi connectivity index (χ3n) is 2.45. The van der Waals surface area contributed by atoms with Gasteiger partial charge in [0.25, 0.3) is 0 Å². The summed E-state index contributed by atoms with van der Waals surface area (Å²) in [5, 5.41) is 3.17. The molecule has 0 bridgehead atoms. The summed E-state index contributed by atoms with van der Waals surface area (Å²) in [4.78, 5) is 4.30. The van der Waals surface area contributed by atoms with Crippen LogP contribution in [0, 0.1) is 0 Å². The second-order valence-electron chi connectivity index (χ2n) is 4.28. The Bertz CT molecular complexity index is 371. The van der Waals surface area contributed by atoms with E-state index in [0.29, 0.717) is 11.9 Å². The molecule has 17 heavy (non-hydrogen) atoms. The van der Waals surface area contributed by atoms with Gasteiger partial charge >= 0.3 is 0 Å². The molecule has 0 amide bonds. The van der Waals surface area contributed by atoms with Crippen molar-refractivity contribution in [3.8, 4) is 0 Å². The van der Waals surface area contributed by atoms with Gasteiger partial charge in [0, 0.05) is 12.2 Å². The molecule has 1 aromatic carbocycles. The SMILES string of the molecule is CCCN=C(NN)Nc1cccc(C(C)C)c1. The smallest absolute Gasteiger partial charge is 0.210 e. The second-order valence-corrected chi connectivity index (χ2v) is 4.28. The Kier molecular flexibility index (Phi) is 5.49. The van der Waals surface area contributed by atoms with E-state index in [9.17, 15) is 0 Å². The summed E-state index contributed by atoms with van der Waals surface area (Å²) in [6.07, 6.45) is 0.999. The summed E-state index contributed by atoms with van der Waals surface area (Å²) in [6.45, 7) is 7.19. The Hall–Kier alpha value is -1.55. The summed E-state index contributed by atoms with van der Waals surface area (Å²) in [6, 6.07) is 8.27. The minimum absolute atomic E-state index is 0.513. The molecule has 0 radical (unpaired) electrons. The number of nitrogens with one attached hydrogen (secondary N) is 2. The number of hydrogen-bond acceptors (Lipinski definition) is 2. The maximum atomic E-state index is 5.42. The van der Waals surface area contributed by atoms with Crippen molar-refractivity contribution < 1.29 is 0 Å². The molecule has 0 aromatic heterocycles. The van der Waals surface area contributed by atoms with Crippen molar-refractivity contribution in [3.63, 3.8) is 0 Å². The molecule has 0 aliphatic carbocycles. The van der Waals surface area contributed by atoms with Gasteiger partial charge in [-0.2, -0.15) is 0 Å². The minimum Gasteiger partial charge on any atom is -0.325 e. The van der Waals surface area contributed by atoms with Crippen molar-refractivity contribution in [3.05, 3.63) is 29.8 Å². The van der Waals surface area contributed by atoms with Crippen LogP contribution in [0.25, 0.3) is 0 Å². The molecule has 0 saturated carbocycles. The van der Waals surface area contributed by atoms with Crippen LogP contribution in [0.3, 0.4) is 0 Å². The fourth-order valence-electron chi connectivity index (χ4n) is 1.46. The van der Waals surface area contributed by atoms with E-state index in [1.807, 2.05) is 12.1 Å². The van der Waals surface area contributed by atoms with Crippen LogP contribution >= 0.6 is 0 Å². The van der Waals surface area contributed by atoms with E-state index in [1.54, 1.807) is 0 Å². The van der Waals surface area contributed by atoms with Gasteiger partial charge in [-0.05, 0) is 30.0 Å². The molecule has 0 aliphatic heterocycles. The third-order valence-corrected chi connectivity index (χ3v) is 2.45. The van der Waals surface area contributed by atoms with Crippen LogP contribution in [-0.4, -0.2) is 12.5 Å². The fourth-order valence-corrected chi connectivity index (χ4v) is 1.46. The number of rotatable bonds is 4. The Morgan fingerprint density at radius 3 is 2.76 bits per heavy atom. The molecule has 4 nitrogen and oxygen atoms in total. The number of hydrazine groups is 1. The molecule has 94 valence electrons. The Labute approximate surface area is 103 Å². The van der Waals surface area contributed by atoms with Crippen molar-refractivity contribution in [2.45, 2.75) is 33.1 Å². The molecular weight excluding hydrogens is 212 g/mol. The van der Waals surface area contributed by atoms with Crippen LogP contribution in [-0.2, 0) is 0 Å². The number of nitrogens with two attached hydrogens (primary N) is 1. The molecule has 0 aliphatic rings. The van der Waals surface area contributed by atoms with E-state index in [4.69, 9.17) is 5.84 Å². The van der Waals surface area contributed by atoms with Gasteiger partial charge in [-0.3, -0.25) is 10.4 Å². The van der Waals surface area contributed by atoms with Gasteiger partial charge in [-0.1, -0.05) is 32.9 Å². The number of hydrogen-bond donors (Lipinski definition) is 3. The first-order valence-electron chi connectivity index (χ1n) is 6.05. The van der Waals surface area contributed by atoms with Gasteiger partial charge in [0.2, 0.25) is 5.96 Å². The average molecular weight is 234 g/mol. The normalized spacial score (nSPS) is 11.7. The zero-order chi connectivity index (χ0) is 12.7. The predicted octanol–water partition coefficient (Wildman–Crippen LogP) is 2.45. The molecule has 1 rings (SSSR count). The highest BCUT2D eigenvalue weighted by Crippen LogP contribution is 2.18. The van der Waals surface area contributed by atoms with E-state index in [0.717, 1.165) is 18.7 Å². The number of anilines is 1. The van der Waals surface area contributed by atoms with E-state index in [2.05, 4.69) is 48.6 Å². The van der Waals surface area contributed by atoms with E-state index in [1.165, 1.54) is 5.56 Å². The molecule has 0 atom stereocenters. The van der Waals surface area contributed by atoms with Crippen LogP contribution in [0.2, 0.25) is 0 Å². The van der Waals surface area contributed by atoms with Crippen LogP contribution < -0.4 is 16.6 Å². The maximum absolute atomic E-state index is 5.42. The molecule has 0 fully saturated rings. The summed E-state index contributed by atoms with van der Waals surface area (Å²) < 4.78 is 0. The van der Waals surface area contributed by atoms with Gasteiger partial charge in [-0.25, -0.2) is 5.84 Å². The first-order valence-corrected chi connectivity index (χ1v) is 6.05. The molecular formula is C13H22N4. The van der Waals surface area contributed by atoms with Crippen molar-refractivity contribution >= 4 is 11.6 Å². The minimum atomic E-state index is 0.513. The summed E-state index contributed by atoms with van der Waals surface area (Å²) in [5.74, 6) is 6.53. The highest BCUT2D eigenvalue weighted by Gasteiger charge is 2.01. The van der Waals surface area contributed by atoms with Gasteiger partial charge < -0.3 is 5.32 Å². The van der Waals surface area contributed by atoms with Crippen LogP contribution in [0.15, 0.2) is 29.3 Å². The molecule has 0 saturated heterocycles. The number of aliphatic imine (C=N–C) groups is 1. The zero-order valence-corrected chi connectivity index (χ0v) is 10.8. The monoisotopic (exact) mass is 234 g/mol. The predicted molar refractivity (Wildman–Crippen MR) is 74.1 cm³/mol. The zero-order valence-electron chi connectivity index (χ0n) is 10.8. The van der Waals surface area contributed by atoms with Crippen LogP contribution in [0.5, 0.6) is 0 Å². The lowest BCUT2D eigenvalue weighted by molar-refractivity contribution is 0.867. The highest BCUT2D eigenvalue weighted by atomic mass is 15.3. The quantitative estimate of drug-likeness (QED) is 0.324. The van der Waals surface area contributed by atoms with Crippen LogP contribution in [0.4, 0.5) is 5.69 Å². The van der Waals surface area contributed by atoms with Crippen molar-refractivity contribution in [1.29, 1.82) is 0 Å². The average Bonchev–Trinajstić information content (AvgIpc) is 2.34. The number of benzene rings is 1. The standard InChI is InChI=1S/C13H22N4/c1-4-8-15-13(17-14)16-12-7-5-6-11(9-12)10(2)3/h5-7,9-10H,4,8,14H2,1-3H3,(H2,15,16,17). The van der Waals surface area contributed by atoms with Crippen molar-refractivity contribution in [2.24, 2.45) is 10.8 Å². The second kappa shape index (κ2) is 6.91. The molecule has 0 heterocycles. The number of guanidine groups is 1. The summed E-state index contributed by atoms with van der Waals surface area (Å²) in [5.41, 5.74) is 4.87. The summed E-state index contributed by atoms with van der Waals surface area (Å²) >= 11 is 0. The summed E-state index contributed by atoms with van der Waals surface area (Å²) in [7, 11) is 0. The van der Waals surface area contributed by atoms with Gasteiger partial charge in [-0.15, -0.1) is 0 Å². The topological polar surface area (TPSA) is 62.4 Å². The van der Waals surface area contributed by atoms with E-state index >= 15 is 0 Å². The lowest BCUT2D eigenvalue weighted by atomic mass is 10.0. The third kappa shape index (κ3) is 4.44. The van der Waals surface area contributed by atoms with Crippen molar-refractivity contribution in [1.82, 2.24) is 5.43 Å². The first-order chi connectivity index (χ1) is 8.17. The Morgan fingerprint density at radius 1 is 1.41 bits per heavy atom. The molecule has 4 N–H and O–H groups in total. The number of nitrogens with zero attached hydrogens (tertiary/aromatic N) is 1. The first kappa shape index (κ1) is 13.5. The van der Waals surface area contributed by atoms with Gasteiger partial charge in [0.05, 0.1) is 0 Å². The fraction of sp³-hybridized carbons (Fsp3) is 0.462. The lowest BCUT2D eigenvalue weighted by Gasteiger charge is -2.11. The maximum Gasteiger partial charge on any atom is 0.210 e. The molecule has 0 unspecified atom stereocenters. The van der Waals surface area contributed by atoms with Gasteiger partial charge in [0.15, 0.2) is 0 Å². The molecule has 1 aromatic rings. The largest absolute Gasteiger partial charge is 0.325 e. The Balaban J connectivity index is 2.76. The molecule has 0 spiro atoms. The van der Waals surface area contributed by atoms with E-state index < -0.39 is 0 Å². The van der Waals surface area contributed by atoms with E-state index in [-0.39, 0.29) is 0 Å². The lowest BCUT2D eigenvalue weighted by Crippen LogP contribution is -2.36.